The average Bonchev–Trinajstić information content (AvgIpc) is 2.95. The van der Waals surface area contributed by atoms with Crippen molar-refractivity contribution in [2.75, 3.05) is 0 Å². The molecule has 0 aliphatic heterocycles. The normalized spacial score (nSPS) is 23.4. The van der Waals surface area contributed by atoms with Crippen molar-refractivity contribution in [1.29, 1.82) is 0 Å². The van der Waals surface area contributed by atoms with E-state index < -0.39 is 11.9 Å². The maximum absolute atomic E-state index is 12.8. The van der Waals surface area contributed by atoms with E-state index in [0.717, 1.165) is 43.4 Å². The van der Waals surface area contributed by atoms with Gasteiger partial charge in [-0.05, 0) is 105 Å². The predicted molar refractivity (Wildman–Crippen MR) is 145 cm³/mol. The fourth-order valence-electron chi connectivity index (χ4n) is 6.15. The van der Waals surface area contributed by atoms with Crippen molar-refractivity contribution in [3.05, 3.63) is 59.7 Å². The van der Waals surface area contributed by atoms with Gasteiger partial charge < -0.3 is 14.6 Å². The first-order valence-corrected chi connectivity index (χ1v) is 14.3. The Morgan fingerprint density at radius 3 is 1.79 bits per heavy atom. The average molecular weight is 521 g/mol. The standard InChI is InChI=1S/C32H40O6/c1-2-3-4-5-22-6-8-23(9-7-22)24-10-14-26(15-11-24)31(35)37-28-18-20-29(21-19-28)38-32(36)27-16-12-25(13-17-27)30(33)34/h12-13,16-24,26H,2-11,14-15H2,1H3,(H,33,34). The molecule has 2 fully saturated rings. The first-order chi connectivity index (χ1) is 18.4. The monoisotopic (exact) mass is 520 g/mol. The summed E-state index contributed by atoms with van der Waals surface area (Å²) in [5.74, 6) is 1.40. The molecule has 6 nitrogen and oxygen atoms in total. The maximum Gasteiger partial charge on any atom is 0.343 e. The predicted octanol–water partition coefficient (Wildman–Crippen LogP) is 7.70. The van der Waals surface area contributed by atoms with E-state index in [2.05, 4.69) is 6.92 Å². The van der Waals surface area contributed by atoms with Crippen molar-refractivity contribution in [1.82, 2.24) is 0 Å². The molecule has 204 valence electrons. The summed E-state index contributed by atoms with van der Waals surface area (Å²) in [6.07, 6.45) is 15.0. The van der Waals surface area contributed by atoms with Gasteiger partial charge in [-0.15, -0.1) is 0 Å². The van der Waals surface area contributed by atoms with Crippen molar-refractivity contribution in [2.45, 2.75) is 84.0 Å². The molecular formula is C32H40O6. The largest absolute Gasteiger partial charge is 0.478 e. The lowest BCUT2D eigenvalue weighted by molar-refractivity contribution is -0.140. The highest BCUT2D eigenvalue weighted by atomic mass is 16.5. The summed E-state index contributed by atoms with van der Waals surface area (Å²) in [4.78, 5) is 36.1. The molecular weight excluding hydrogens is 480 g/mol. The lowest BCUT2D eigenvalue weighted by Gasteiger charge is -2.37. The van der Waals surface area contributed by atoms with E-state index in [-0.39, 0.29) is 23.0 Å². The van der Waals surface area contributed by atoms with Gasteiger partial charge in [0.15, 0.2) is 0 Å². The highest BCUT2D eigenvalue weighted by Gasteiger charge is 2.33. The first-order valence-electron chi connectivity index (χ1n) is 14.3. The van der Waals surface area contributed by atoms with Crippen LogP contribution in [0.25, 0.3) is 0 Å². The number of hydrogen-bond acceptors (Lipinski definition) is 5. The lowest BCUT2D eigenvalue weighted by atomic mass is 9.68. The van der Waals surface area contributed by atoms with Crippen LogP contribution in [0.1, 0.15) is 105 Å². The number of carbonyl (C=O) groups excluding carboxylic acids is 2. The minimum Gasteiger partial charge on any atom is -0.478 e. The third kappa shape index (κ3) is 7.68. The smallest absolute Gasteiger partial charge is 0.343 e. The molecule has 2 saturated carbocycles. The van der Waals surface area contributed by atoms with Gasteiger partial charge in [-0.1, -0.05) is 45.4 Å². The Bertz CT molecular complexity index is 1060. The van der Waals surface area contributed by atoms with Gasteiger partial charge in [0, 0.05) is 0 Å². The Morgan fingerprint density at radius 2 is 1.24 bits per heavy atom. The van der Waals surface area contributed by atoms with Crippen LogP contribution >= 0.6 is 0 Å². The van der Waals surface area contributed by atoms with Gasteiger partial charge in [-0.3, -0.25) is 4.79 Å². The molecule has 4 rings (SSSR count). The maximum atomic E-state index is 12.8. The van der Waals surface area contributed by atoms with Crippen LogP contribution in [0.5, 0.6) is 11.5 Å². The van der Waals surface area contributed by atoms with Gasteiger partial charge in [0.05, 0.1) is 17.0 Å². The summed E-state index contributed by atoms with van der Waals surface area (Å²) in [5, 5.41) is 8.97. The molecule has 2 aromatic carbocycles. The molecule has 0 amide bonds. The Morgan fingerprint density at radius 1 is 0.711 bits per heavy atom. The Balaban J connectivity index is 1.19. The molecule has 0 heterocycles. The second kappa shape index (κ2) is 13.6. The Labute approximate surface area is 225 Å². The number of hydrogen-bond donors (Lipinski definition) is 1. The molecule has 0 saturated heterocycles. The fourth-order valence-corrected chi connectivity index (χ4v) is 6.15. The topological polar surface area (TPSA) is 89.9 Å². The van der Waals surface area contributed by atoms with Gasteiger partial charge in [-0.25, -0.2) is 9.59 Å². The Hall–Kier alpha value is -3.15. The molecule has 0 aromatic heterocycles. The molecule has 2 aliphatic carbocycles. The number of aromatic carboxylic acids is 1. The molecule has 6 heteroatoms. The lowest BCUT2D eigenvalue weighted by Crippen LogP contribution is -2.30. The van der Waals surface area contributed by atoms with Gasteiger partial charge in [0.1, 0.15) is 11.5 Å². The summed E-state index contributed by atoms with van der Waals surface area (Å²) in [6, 6.07) is 12.0. The van der Waals surface area contributed by atoms with E-state index in [1.165, 1.54) is 75.6 Å². The number of carboxylic acids is 1. The van der Waals surface area contributed by atoms with Crippen molar-refractivity contribution in [3.63, 3.8) is 0 Å². The van der Waals surface area contributed by atoms with E-state index >= 15 is 0 Å². The zero-order valence-corrected chi connectivity index (χ0v) is 22.4. The zero-order chi connectivity index (χ0) is 26.9. The summed E-state index contributed by atoms with van der Waals surface area (Å²) in [6.45, 7) is 2.27. The SMILES string of the molecule is CCCCCC1CCC(C2CCC(C(=O)Oc3ccc(OC(=O)c4ccc(C(=O)O)cc4)cc3)CC2)CC1. The van der Waals surface area contributed by atoms with Crippen LogP contribution in [0.3, 0.4) is 0 Å². The summed E-state index contributed by atoms with van der Waals surface area (Å²) in [7, 11) is 0. The number of rotatable bonds is 10. The molecule has 1 N–H and O–H groups in total. The molecule has 0 unspecified atom stereocenters. The molecule has 0 bridgehead atoms. The molecule has 0 radical (unpaired) electrons. The fraction of sp³-hybridized carbons (Fsp3) is 0.531. The summed E-state index contributed by atoms with van der Waals surface area (Å²) >= 11 is 0. The number of benzene rings is 2. The van der Waals surface area contributed by atoms with E-state index in [1.807, 2.05) is 0 Å². The minimum atomic E-state index is -1.06. The van der Waals surface area contributed by atoms with Crippen molar-refractivity contribution >= 4 is 17.9 Å². The van der Waals surface area contributed by atoms with Gasteiger partial charge in [0.2, 0.25) is 0 Å². The van der Waals surface area contributed by atoms with Crippen LogP contribution in [-0.2, 0) is 4.79 Å². The molecule has 2 aliphatic rings. The minimum absolute atomic E-state index is 0.0529. The second-order valence-corrected chi connectivity index (χ2v) is 11.1. The highest BCUT2D eigenvalue weighted by molar-refractivity contribution is 5.93. The van der Waals surface area contributed by atoms with Crippen molar-refractivity contribution in [3.8, 4) is 11.5 Å². The van der Waals surface area contributed by atoms with Gasteiger partial charge in [-0.2, -0.15) is 0 Å². The molecule has 0 spiro atoms. The second-order valence-electron chi connectivity index (χ2n) is 11.1. The van der Waals surface area contributed by atoms with Gasteiger partial charge >= 0.3 is 17.9 Å². The van der Waals surface area contributed by atoms with Crippen molar-refractivity contribution < 1.29 is 29.0 Å². The number of carbonyl (C=O) groups is 3. The molecule has 2 aromatic rings. The van der Waals surface area contributed by atoms with Crippen LogP contribution in [0.2, 0.25) is 0 Å². The third-order valence-electron chi connectivity index (χ3n) is 8.50. The number of esters is 2. The quantitative estimate of drug-likeness (QED) is 0.196. The van der Waals surface area contributed by atoms with E-state index in [0.29, 0.717) is 11.5 Å². The first kappa shape index (κ1) is 27.9. The van der Waals surface area contributed by atoms with Crippen LogP contribution in [-0.4, -0.2) is 23.0 Å². The molecule has 0 atom stereocenters. The van der Waals surface area contributed by atoms with Crippen LogP contribution in [0.4, 0.5) is 0 Å². The summed E-state index contributed by atoms with van der Waals surface area (Å²) < 4.78 is 11.0. The van der Waals surface area contributed by atoms with Crippen LogP contribution in [0, 0.1) is 23.7 Å². The Kier molecular flexibility index (Phi) is 9.97. The van der Waals surface area contributed by atoms with Crippen LogP contribution in [0.15, 0.2) is 48.5 Å². The van der Waals surface area contributed by atoms with E-state index in [1.54, 1.807) is 24.3 Å². The highest BCUT2D eigenvalue weighted by Crippen LogP contribution is 2.42. The summed E-state index contributed by atoms with van der Waals surface area (Å²) in [5.41, 5.74) is 0.350. The third-order valence-corrected chi connectivity index (χ3v) is 8.50. The molecule has 38 heavy (non-hydrogen) atoms. The zero-order valence-electron chi connectivity index (χ0n) is 22.4. The number of carboxylic acid groups (broad SMARTS) is 1. The van der Waals surface area contributed by atoms with Crippen LogP contribution < -0.4 is 9.47 Å². The number of unbranched alkanes of at least 4 members (excludes halogenated alkanes) is 2. The van der Waals surface area contributed by atoms with Crippen molar-refractivity contribution in [2.24, 2.45) is 23.7 Å². The van der Waals surface area contributed by atoms with E-state index in [9.17, 15) is 14.4 Å². The van der Waals surface area contributed by atoms with E-state index in [4.69, 9.17) is 14.6 Å². The van der Waals surface area contributed by atoms with Gasteiger partial charge in [0.25, 0.3) is 0 Å². The number of ether oxygens (including phenoxy) is 2.